The molecule has 2 heterocycles. The van der Waals surface area contributed by atoms with Gasteiger partial charge in [0.1, 0.15) is 5.69 Å². The molecule has 104 valence electrons. The van der Waals surface area contributed by atoms with Gasteiger partial charge in [0, 0.05) is 36.8 Å². The van der Waals surface area contributed by atoms with Crippen LogP contribution in [0.4, 0.5) is 0 Å². The molecule has 5 heteroatoms. The summed E-state index contributed by atoms with van der Waals surface area (Å²) in [5, 5.41) is 0. The number of pyridine rings is 1. The van der Waals surface area contributed by atoms with Crippen LogP contribution in [0.3, 0.4) is 0 Å². The number of nitrogens with zero attached hydrogens (tertiary/aromatic N) is 3. The van der Waals surface area contributed by atoms with E-state index in [4.69, 9.17) is 0 Å². The molecule has 1 aliphatic rings. The molecule has 0 spiro atoms. The molecule has 0 aromatic carbocycles. The van der Waals surface area contributed by atoms with Gasteiger partial charge in [-0.15, -0.1) is 0 Å². The highest BCUT2D eigenvalue weighted by Crippen LogP contribution is 2.20. The molecule has 1 aromatic heterocycles. The van der Waals surface area contributed by atoms with Gasteiger partial charge in [-0.3, -0.25) is 4.79 Å². The van der Waals surface area contributed by atoms with Crippen LogP contribution in [0.25, 0.3) is 0 Å². The second kappa shape index (κ2) is 6.48. The molecule has 1 amide bonds. The first-order valence-corrected chi connectivity index (χ1v) is 7.52. The van der Waals surface area contributed by atoms with Gasteiger partial charge in [0.2, 0.25) is 0 Å². The quantitative estimate of drug-likeness (QED) is 0.856. The lowest BCUT2D eigenvalue weighted by atomic mass is 10.0. The standard InChI is InChI=1S/C14H20BrN3O/c1-3-18-9-6-11(7-10-18)17(2)14(19)13-12(15)5-4-8-16-13/h4-5,8,11H,3,6-7,9-10H2,1-2H3. The van der Waals surface area contributed by atoms with Gasteiger partial charge < -0.3 is 9.80 Å². The lowest BCUT2D eigenvalue weighted by Gasteiger charge is -2.36. The maximum absolute atomic E-state index is 12.4. The van der Waals surface area contributed by atoms with Crippen molar-refractivity contribution in [1.82, 2.24) is 14.8 Å². The molecular weight excluding hydrogens is 306 g/mol. The lowest BCUT2D eigenvalue weighted by molar-refractivity contribution is 0.0640. The third-order valence-corrected chi connectivity index (χ3v) is 4.47. The van der Waals surface area contributed by atoms with E-state index in [1.165, 1.54) is 0 Å². The summed E-state index contributed by atoms with van der Waals surface area (Å²) in [7, 11) is 1.88. The minimum atomic E-state index is 0.00224. The molecule has 1 aromatic rings. The molecule has 0 atom stereocenters. The zero-order chi connectivity index (χ0) is 13.8. The normalized spacial score (nSPS) is 17.4. The summed E-state index contributed by atoms with van der Waals surface area (Å²) >= 11 is 3.39. The van der Waals surface area contributed by atoms with Crippen LogP contribution in [0.15, 0.2) is 22.8 Å². The summed E-state index contributed by atoms with van der Waals surface area (Å²) in [5.41, 5.74) is 0.503. The zero-order valence-electron chi connectivity index (χ0n) is 11.5. The summed E-state index contributed by atoms with van der Waals surface area (Å²) in [6.45, 7) is 5.42. The molecule has 0 saturated carbocycles. The van der Waals surface area contributed by atoms with E-state index >= 15 is 0 Å². The Hall–Kier alpha value is -0.940. The Kier molecular flexibility index (Phi) is 4.93. The van der Waals surface area contributed by atoms with Crippen molar-refractivity contribution in [3.05, 3.63) is 28.5 Å². The van der Waals surface area contributed by atoms with Gasteiger partial charge >= 0.3 is 0 Å². The number of carbonyl (C=O) groups is 1. The summed E-state index contributed by atoms with van der Waals surface area (Å²) in [5.74, 6) is 0.00224. The Bertz CT molecular complexity index is 444. The highest BCUT2D eigenvalue weighted by Gasteiger charge is 2.26. The van der Waals surface area contributed by atoms with Gasteiger partial charge in [0.05, 0.1) is 0 Å². The Labute approximate surface area is 122 Å². The van der Waals surface area contributed by atoms with Gasteiger partial charge in [0.15, 0.2) is 0 Å². The van der Waals surface area contributed by atoms with Crippen LogP contribution < -0.4 is 0 Å². The topological polar surface area (TPSA) is 36.4 Å². The fourth-order valence-electron chi connectivity index (χ4n) is 2.50. The molecule has 4 nitrogen and oxygen atoms in total. The predicted octanol–water partition coefficient (Wildman–Crippen LogP) is 2.40. The van der Waals surface area contributed by atoms with Crippen LogP contribution in [0, 0.1) is 0 Å². The van der Waals surface area contributed by atoms with Crippen molar-refractivity contribution >= 4 is 21.8 Å². The summed E-state index contributed by atoms with van der Waals surface area (Å²) in [6.07, 6.45) is 3.74. The van der Waals surface area contributed by atoms with E-state index in [9.17, 15) is 4.79 Å². The molecule has 0 N–H and O–H groups in total. The van der Waals surface area contributed by atoms with Crippen LogP contribution in [-0.2, 0) is 0 Å². The molecule has 19 heavy (non-hydrogen) atoms. The van der Waals surface area contributed by atoms with Gasteiger partial charge in [-0.05, 0) is 47.4 Å². The van der Waals surface area contributed by atoms with Crippen LogP contribution in [0.2, 0.25) is 0 Å². The average Bonchev–Trinajstić information content (AvgIpc) is 2.46. The smallest absolute Gasteiger partial charge is 0.273 e. The maximum Gasteiger partial charge on any atom is 0.273 e. The molecular formula is C14H20BrN3O. The molecule has 2 rings (SSSR count). The monoisotopic (exact) mass is 325 g/mol. The lowest BCUT2D eigenvalue weighted by Crippen LogP contribution is -2.45. The second-order valence-electron chi connectivity index (χ2n) is 4.92. The van der Waals surface area contributed by atoms with Crippen molar-refractivity contribution in [1.29, 1.82) is 0 Å². The van der Waals surface area contributed by atoms with Crippen molar-refractivity contribution in [3.8, 4) is 0 Å². The minimum absolute atomic E-state index is 0.00224. The van der Waals surface area contributed by atoms with Gasteiger partial charge in [-0.25, -0.2) is 4.98 Å². The molecule has 0 aliphatic carbocycles. The predicted molar refractivity (Wildman–Crippen MR) is 79.2 cm³/mol. The van der Waals surface area contributed by atoms with Gasteiger partial charge in [-0.2, -0.15) is 0 Å². The van der Waals surface area contributed by atoms with E-state index in [1.54, 1.807) is 6.20 Å². The molecule has 1 fully saturated rings. The number of halogens is 1. The van der Waals surface area contributed by atoms with Gasteiger partial charge in [-0.1, -0.05) is 6.92 Å². The SMILES string of the molecule is CCN1CCC(N(C)C(=O)c2ncccc2Br)CC1. The summed E-state index contributed by atoms with van der Waals surface area (Å²) < 4.78 is 0.762. The highest BCUT2D eigenvalue weighted by molar-refractivity contribution is 9.10. The van der Waals surface area contributed by atoms with Crippen LogP contribution in [-0.4, -0.2) is 53.4 Å². The number of carbonyl (C=O) groups excluding carboxylic acids is 1. The van der Waals surface area contributed by atoms with E-state index < -0.39 is 0 Å². The van der Waals surface area contributed by atoms with Crippen molar-refractivity contribution < 1.29 is 4.79 Å². The molecule has 0 unspecified atom stereocenters. The van der Waals surface area contributed by atoms with E-state index in [1.807, 2.05) is 24.1 Å². The maximum atomic E-state index is 12.4. The van der Waals surface area contributed by atoms with E-state index in [0.717, 1.165) is 36.9 Å². The summed E-state index contributed by atoms with van der Waals surface area (Å²) in [6, 6.07) is 4.00. The molecule has 0 bridgehead atoms. The number of aromatic nitrogens is 1. The van der Waals surface area contributed by atoms with Crippen molar-refractivity contribution in [2.45, 2.75) is 25.8 Å². The molecule has 1 aliphatic heterocycles. The highest BCUT2D eigenvalue weighted by atomic mass is 79.9. The van der Waals surface area contributed by atoms with Crippen molar-refractivity contribution in [2.75, 3.05) is 26.7 Å². The van der Waals surface area contributed by atoms with Gasteiger partial charge in [0.25, 0.3) is 5.91 Å². The Morgan fingerprint density at radius 3 is 2.79 bits per heavy atom. The van der Waals surface area contributed by atoms with Crippen molar-refractivity contribution in [3.63, 3.8) is 0 Å². The Morgan fingerprint density at radius 2 is 2.21 bits per heavy atom. The number of piperidine rings is 1. The number of amides is 1. The fraction of sp³-hybridized carbons (Fsp3) is 0.571. The fourth-order valence-corrected chi connectivity index (χ4v) is 2.92. The van der Waals surface area contributed by atoms with Crippen molar-refractivity contribution in [2.24, 2.45) is 0 Å². The van der Waals surface area contributed by atoms with Crippen LogP contribution in [0.1, 0.15) is 30.3 Å². The first-order chi connectivity index (χ1) is 9.13. The Balaban J connectivity index is 2.02. The van der Waals surface area contributed by atoms with E-state index in [0.29, 0.717) is 11.7 Å². The zero-order valence-corrected chi connectivity index (χ0v) is 13.1. The largest absolute Gasteiger partial charge is 0.337 e. The number of likely N-dealkylation sites (tertiary alicyclic amines) is 1. The first-order valence-electron chi connectivity index (χ1n) is 6.73. The third kappa shape index (κ3) is 3.34. The molecule has 0 radical (unpaired) electrons. The van der Waals surface area contributed by atoms with Crippen LogP contribution in [0.5, 0.6) is 0 Å². The number of hydrogen-bond acceptors (Lipinski definition) is 3. The third-order valence-electron chi connectivity index (χ3n) is 3.83. The average molecular weight is 326 g/mol. The second-order valence-corrected chi connectivity index (χ2v) is 5.77. The summed E-state index contributed by atoms with van der Waals surface area (Å²) in [4.78, 5) is 20.9. The van der Waals surface area contributed by atoms with E-state index in [-0.39, 0.29) is 5.91 Å². The Morgan fingerprint density at radius 1 is 1.53 bits per heavy atom. The van der Waals surface area contributed by atoms with E-state index in [2.05, 4.69) is 32.7 Å². The first kappa shape index (κ1) is 14.5. The minimum Gasteiger partial charge on any atom is -0.337 e. The van der Waals surface area contributed by atoms with Crippen LogP contribution >= 0.6 is 15.9 Å². The number of hydrogen-bond donors (Lipinski definition) is 0. The molecule has 1 saturated heterocycles. The number of rotatable bonds is 3.